The molecule has 0 unspecified atom stereocenters. The van der Waals surface area contributed by atoms with Crippen LogP contribution < -0.4 is 21.1 Å². The Kier molecular flexibility index (Phi) is 8.86. The van der Waals surface area contributed by atoms with E-state index in [2.05, 4.69) is 25.6 Å². The summed E-state index contributed by atoms with van der Waals surface area (Å²) in [5.41, 5.74) is 6.37. The average molecular weight is 485 g/mol. The lowest BCUT2D eigenvalue weighted by molar-refractivity contribution is -0.145. The van der Waals surface area contributed by atoms with Gasteiger partial charge in [-0.25, -0.2) is 0 Å². The van der Waals surface area contributed by atoms with E-state index in [4.69, 9.17) is 15.2 Å². The Labute approximate surface area is 199 Å². The van der Waals surface area contributed by atoms with Gasteiger partial charge in [0.2, 0.25) is 17.8 Å². The number of rotatable bonds is 12. The lowest BCUT2D eigenvalue weighted by Gasteiger charge is -2.11. The molecule has 0 aliphatic heterocycles. The van der Waals surface area contributed by atoms with Gasteiger partial charge < -0.3 is 25.8 Å². The number of Topliss-reactive ketones (excluding diaryl/α,β-unsaturated/α-hetero) is 1. The van der Waals surface area contributed by atoms with E-state index in [1.165, 1.54) is 11.3 Å². The quantitative estimate of drug-likeness (QED) is 0.257. The standard InChI is InChI=1S/C22H24N6O5S/c1-32-16-6-3-2-5-14(16)25-22-27-18(26-21(23)28-22)13-33-20(31)10-11-24-19(30)9-8-15(29)17-7-4-12-34-17/h2-7,12H,8-11,13H2,1H3,(H,24,30)(H3,23,25,26,27,28). The minimum atomic E-state index is -0.548. The molecule has 3 aromatic rings. The van der Waals surface area contributed by atoms with Crippen LogP contribution in [0.1, 0.15) is 34.8 Å². The Morgan fingerprint density at radius 1 is 1.03 bits per heavy atom. The van der Waals surface area contributed by atoms with Gasteiger partial charge in [-0.3, -0.25) is 14.4 Å². The first-order valence-electron chi connectivity index (χ1n) is 10.3. The lowest BCUT2D eigenvalue weighted by Crippen LogP contribution is -2.26. The number of esters is 1. The molecule has 2 aromatic heterocycles. The van der Waals surface area contributed by atoms with Crippen molar-refractivity contribution in [1.82, 2.24) is 20.3 Å². The molecule has 0 fully saturated rings. The van der Waals surface area contributed by atoms with Crippen LogP contribution in [0.25, 0.3) is 0 Å². The first-order chi connectivity index (χ1) is 16.4. The molecule has 4 N–H and O–H groups in total. The summed E-state index contributed by atoms with van der Waals surface area (Å²) in [6.45, 7) is -0.125. The van der Waals surface area contributed by atoms with Crippen LogP contribution in [0.5, 0.6) is 5.75 Å². The Morgan fingerprint density at radius 2 is 1.85 bits per heavy atom. The van der Waals surface area contributed by atoms with Crippen molar-refractivity contribution in [3.8, 4) is 5.75 Å². The summed E-state index contributed by atoms with van der Waals surface area (Å²) in [6.07, 6.45) is 0.123. The van der Waals surface area contributed by atoms with E-state index in [-0.39, 0.29) is 61.8 Å². The van der Waals surface area contributed by atoms with Gasteiger partial charge in [-0.05, 0) is 23.6 Å². The first-order valence-corrected chi connectivity index (χ1v) is 11.2. The monoisotopic (exact) mass is 484 g/mol. The van der Waals surface area contributed by atoms with Crippen molar-refractivity contribution in [1.29, 1.82) is 0 Å². The number of hydrogen-bond donors (Lipinski definition) is 3. The van der Waals surface area contributed by atoms with E-state index < -0.39 is 5.97 Å². The van der Waals surface area contributed by atoms with Crippen molar-refractivity contribution in [2.45, 2.75) is 25.9 Å². The number of nitrogens with one attached hydrogen (secondary N) is 2. The summed E-state index contributed by atoms with van der Waals surface area (Å²) >= 11 is 1.34. The summed E-state index contributed by atoms with van der Waals surface area (Å²) in [7, 11) is 1.54. The van der Waals surface area contributed by atoms with Crippen LogP contribution >= 0.6 is 11.3 Å². The van der Waals surface area contributed by atoms with E-state index in [9.17, 15) is 14.4 Å². The smallest absolute Gasteiger partial charge is 0.308 e. The number of nitrogens with zero attached hydrogens (tertiary/aromatic N) is 3. The molecule has 0 aliphatic carbocycles. The van der Waals surface area contributed by atoms with Gasteiger partial charge in [0.05, 0.1) is 24.1 Å². The number of anilines is 3. The van der Waals surface area contributed by atoms with Gasteiger partial charge in [0.15, 0.2) is 18.2 Å². The number of ether oxygens (including phenoxy) is 2. The first kappa shape index (κ1) is 24.6. The number of carbonyl (C=O) groups is 3. The van der Waals surface area contributed by atoms with Crippen LogP contribution in [0.2, 0.25) is 0 Å². The van der Waals surface area contributed by atoms with Gasteiger partial charge in [0.25, 0.3) is 0 Å². The number of benzene rings is 1. The maximum Gasteiger partial charge on any atom is 0.308 e. The van der Waals surface area contributed by atoms with Crippen LogP contribution in [0, 0.1) is 0 Å². The second-order valence-electron chi connectivity index (χ2n) is 6.92. The summed E-state index contributed by atoms with van der Waals surface area (Å²) in [4.78, 5) is 48.6. The molecule has 12 heteroatoms. The van der Waals surface area contributed by atoms with Crippen LogP contribution in [0.15, 0.2) is 41.8 Å². The molecule has 0 radical (unpaired) electrons. The molecule has 11 nitrogen and oxygen atoms in total. The van der Waals surface area contributed by atoms with Crippen molar-refractivity contribution in [3.63, 3.8) is 0 Å². The molecule has 3 rings (SSSR count). The molecule has 0 spiro atoms. The average Bonchev–Trinajstić information content (AvgIpc) is 3.36. The highest BCUT2D eigenvalue weighted by Crippen LogP contribution is 2.25. The van der Waals surface area contributed by atoms with Gasteiger partial charge >= 0.3 is 5.97 Å². The number of methoxy groups -OCH3 is 1. The van der Waals surface area contributed by atoms with Crippen LogP contribution in [0.4, 0.5) is 17.6 Å². The third kappa shape index (κ3) is 7.52. The van der Waals surface area contributed by atoms with Gasteiger partial charge in [0.1, 0.15) is 5.75 Å². The van der Waals surface area contributed by atoms with E-state index in [0.717, 1.165) is 0 Å². The van der Waals surface area contributed by atoms with Gasteiger partial charge in [-0.15, -0.1) is 11.3 Å². The Hall–Kier alpha value is -4.06. The SMILES string of the molecule is COc1ccccc1Nc1nc(N)nc(COC(=O)CCNC(=O)CCC(=O)c2cccs2)n1. The van der Waals surface area contributed by atoms with Crippen LogP contribution in [0.3, 0.4) is 0 Å². The fourth-order valence-corrected chi connectivity index (χ4v) is 3.52. The molecule has 0 saturated heterocycles. The summed E-state index contributed by atoms with van der Waals surface area (Å²) < 4.78 is 10.4. The molecule has 0 saturated carbocycles. The fourth-order valence-electron chi connectivity index (χ4n) is 2.82. The highest BCUT2D eigenvalue weighted by atomic mass is 32.1. The van der Waals surface area contributed by atoms with Crippen LogP contribution in [-0.2, 0) is 20.9 Å². The predicted octanol–water partition coefficient (Wildman–Crippen LogP) is 2.48. The topological polar surface area (TPSA) is 158 Å². The zero-order valence-electron chi connectivity index (χ0n) is 18.4. The summed E-state index contributed by atoms with van der Waals surface area (Å²) in [5, 5.41) is 7.39. The second-order valence-corrected chi connectivity index (χ2v) is 7.87. The number of amides is 1. The predicted molar refractivity (Wildman–Crippen MR) is 126 cm³/mol. The van der Waals surface area contributed by atoms with E-state index in [1.54, 1.807) is 31.4 Å². The molecule has 0 atom stereocenters. The maximum atomic E-state index is 12.0. The van der Waals surface area contributed by atoms with Crippen molar-refractivity contribution in [3.05, 3.63) is 52.5 Å². The lowest BCUT2D eigenvalue weighted by atomic mass is 10.2. The zero-order valence-corrected chi connectivity index (χ0v) is 19.3. The molecule has 0 aliphatic rings. The molecule has 178 valence electrons. The summed E-state index contributed by atoms with van der Waals surface area (Å²) in [5.74, 6) is -0.0547. The maximum absolute atomic E-state index is 12.0. The van der Waals surface area contributed by atoms with Crippen molar-refractivity contribution in [2.24, 2.45) is 0 Å². The molecular weight excluding hydrogens is 460 g/mol. The third-order valence-corrected chi connectivity index (χ3v) is 5.35. The van der Waals surface area contributed by atoms with Crippen molar-refractivity contribution < 1.29 is 23.9 Å². The number of para-hydroxylation sites is 2. The minimum Gasteiger partial charge on any atom is -0.495 e. The molecular formula is C22H24N6O5S. The van der Waals surface area contributed by atoms with Crippen molar-refractivity contribution >= 4 is 46.6 Å². The number of aromatic nitrogens is 3. The normalized spacial score (nSPS) is 10.4. The van der Waals surface area contributed by atoms with Crippen molar-refractivity contribution in [2.75, 3.05) is 24.7 Å². The Balaban J connectivity index is 1.41. The number of ketones is 1. The highest BCUT2D eigenvalue weighted by Gasteiger charge is 2.12. The molecule has 0 bridgehead atoms. The zero-order chi connectivity index (χ0) is 24.3. The fraction of sp³-hybridized carbons (Fsp3) is 0.273. The minimum absolute atomic E-state index is 0.0391. The Bertz CT molecular complexity index is 1140. The number of nitrogens with two attached hydrogens (primary N) is 1. The second kappa shape index (κ2) is 12.3. The van der Waals surface area contributed by atoms with Gasteiger partial charge in [0, 0.05) is 19.4 Å². The third-order valence-electron chi connectivity index (χ3n) is 4.44. The summed E-state index contributed by atoms with van der Waals surface area (Å²) in [6, 6.07) is 10.7. The molecule has 2 heterocycles. The highest BCUT2D eigenvalue weighted by molar-refractivity contribution is 7.12. The number of thiophene rings is 1. The number of hydrogen-bond acceptors (Lipinski definition) is 11. The van der Waals surface area contributed by atoms with Gasteiger partial charge in [-0.1, -0.05) is 18.2 Å². The number of nitrogen functional groups attached to an aromatic ring is 1. The number of carbonyl (C=O) groups excluding carboxylic acids is 3. The molecule has 1 aromatic carbocycles. The van der Waals surface area contributed by atoms with Crippen LogP contribution in [-0.4, -0.2) is 46.3 Å². The van der Waals surface area contributed by atoms with E-state index in [0.29, 0.717) is 16.3 Å². The van der Waals surface area contributed by atoms with E-state index in [1.807, 2.05) is 17.5 Å². The Morgan fingerprint density at radius 3 is 2.62 bits per heavy atom. The molecule has 1 amide bonds. The largest absolute Gasteiger partial charge is 0.495 e. The van der Waals surface area contributed by atoms with E-state index >= 15 is 0 Å². The molecule has 34 heavy (non-hydrogen) atoms. The van der Waals surface area contributed by atoms with Gasteiger partial charge in [-0.2, -0.15) is 15.0 Å².